The van der Waals surface area contributed by atoms with E-state index in [9.17, 15) is 20.4 Å². The summed E-state index contributed by atoms with van der Waals surface area (Å²) in [5.41, 5.74) is 8.32. The van der Waals surface area contributed by atoms with Crippen LogP contribution in [0.2, 0.25) is 0 Å². The van der Waals surface area contributed by atoms with Crippen LogP contribution >= 0.6 is 0 Å². The van der Waals surface area contributed by atoms with Gasteiger partial charge in [-0.05, 0) is 117 Å². The standard InChI is InChI=1S/C56H60N4O4/c1-53(2,3)37-21-33-29-57-45-17-13-14-18-46(45)59-31-35-23-39(55(7,8)9)27-43(51(35)63)44-28-40(56(10,11)12)24-36(52(44)64)32-60-48-20-16-15-19-47(48)58-30-34-22-38(54(4,5)6)26-42(50(34)62)41(25-37)49(33)61/h13-32,61-64H,1-12H3. The van der Waals surface area contributed by atoms with Crippen molar-refractivity contribution in [2.75, 3.05) is 0 Å². The topological polar surface area (TPSA) is 130 Å². The van der Waals surface area contributed by atoms with E-state index in [1.807, 2.05) is 97.1 Å². The number of para-hydroxylation sites is 4. The molecule has 1 heterocycles. The highest BCUT2D eigenvalue weighted by molar-refractivity contribution is 5.98. The van der Waals surface area contributed by atoms with Crippen LogP contribution < -0.4 is 0 Å². The molecule has 1 aliphatic heterocycles. The summed E-state index contributed by atoms with van der Waals surface area (Å²) in [6.07, 6.45) is 6.51. The summed E-state index contributed by atoms with van der Waals surface area (Å²) in [7, 11) is 0. The highest BCUT2D eigenvalue weighted by atomic mass is 16.3. The van der Waals surface area contributed by atoms with E-state index in [1.165, 1.54) is 0 Å². The minimum absolute atomic E-state index is 0.0337. The van der Waals surface area contributed by atoms with E-state index >= 15 is 0 Å². The normalized spacial score (nSPS) is 13.3. The van der Waals surface area contributed by atoms with Gasteiger partial charge in [-0.25, -0.2) is 0 Å². The third-order valence-corrected chi connectivity index (χ3v) is 11.7. The molecular weight excluding hydrogens is 793 g/mol. The molecule has 8 bridgehead atoms. The van der Waals surface area contributed by atoms with Gasteiger partial charge in [-0.2, -0.15) is 0 Å². The van der Waals surface area contributed by atoms with E-state index in [4.69, 9.17) is 20.0 Å². The molecule has 0 radical (unpaired) electrons. The molecule has 1 aliphatic rings. The summed E-state index contributed by atoms with van der Waals surface area (Å²) in [4.78, 5) is 19.6. The lowest BCUT2D eigenvalue weighted by molar-refractivity contribution is 0.466. The Labute approximate surface area is 378 Å². The molecule has 0 atom stereocenters. The lowest BCUT2D eigenvalue weighted by Crippen LogP contribution is -2.13. The zero-order valence-corrected chi connectivity index (χ0v) is 39.1. The van der Waals surface area contributed by atoms with Crippen molar-refractivity contribution >= 4 is 47.6 Å². The maximum Gasteiger partial charge on any atom is 0.132 e. The summed E-state index contributed by atoms with van der Waals surface area (Å²) in [5.74, 6) is -0.135. The summed E-state index contributed by atoms with van der Waals surface area (Å²) in [5, 5.41) is 48.5. The second-order valence-corrected chi connectivity index (χ2v) is 20.9. The molecule has 7 rings (SSSR count). The Morgan fingerprint density at radius 1 is 0.297 bits per heavy atom. The number of phenolic OH excluding ortho intramolecular Hbond substituents is 4. The lowest BCUT2D eigenvalue weighted by Gasteiger charge is -2.24. The van der Waals surface area contributed by atoms with Gasteiger partial charge in [-0.15, -0.1) is 0 Å². The lowest BCUT2D eigenvalue weighted by atomic mass is 9.81. The fourth-order valence-corrected chi connectivity index (χ4v) is 7.50. The average molecular weight is 853 g/mol. The third-order valence-electron chi connectivity index (χ3n) is 11.7. The van der Waals surface area contributed by atoms with Crippen LogP contribution in [0.1, 0.15) is 128 Å². The number of rotatable bonds is 0. The third kappa shape index (κ3) is 9.42. The number of fused-ring (bicyclic) bond motifs is 12. The van der Waals surface area contributed by atoms with Gasteiger partial charge < -0.3 is 20.4 Å². The van der Waals surface area contributed by atoms with Crippen molar-refractivity contribution < 1.29 is 20.4 Å². The van der Waals surface area contributed by atoms with E-state index in [-0.39, 0.29) is 44.7 Å². The maximum atomic E-state index is 12.1. The number of phenols is 4. The molecule has 6 aromatic carbocycles. The number of benzene rings is 6. The summed E-state index contributed by atoms with van der Waals surface area (Å²) >= 11 is 0. The number of hydrogen-bond donors (Lipinski definition) is 4. The molecule has 0 unspecified atom stereocenters. The zero-order chi connectivity index (χ0) is 46.5. The Morgan fingerprint density at radius 2 is 0.484 bits per heavy atom. The minimum Gasteiger partial charge on any atom is -0.507 e. The van der Waals surface area contributed by atoms with Gasteiger partial charge in [0.1, 0.15) is 23.0 Å². The predicted octanol–water partition coefficient (Wildman–Crippen LogP) is 14.3. The van der Waals surface area contributed by atoms with E-state index in [0.717, 1.165) is 22.3 Å². The highest BCUT2D eigenvalue weighted by Gasteiger charge is 2.26. The Balaban J connectivity index is 1.56. The van der Waals surface area contributed by atoms with Crippen LogP contribution in [0, 0.1) is 0 Å². The van der Waals surface area contributed by atoms with Gasteiger partial charge in [-0.3, -0.25) is 20.0 Å². The van der Waals surface area contributed by atoms with E-state index in [2.05, 4.69) is 83.1 Å². The molecule has 0 spiro atoms. The van der Waals surface area contributed by atoms with Crippen LogP contribution in [-0.2, 0) is 21.7 Å². The van der Waals surface area contributed by atoms with Crippen molar-refractivity contribution in [3.63, 3.8) is 0 Å². The molecule has 0 aliphatic carbocycles. The largest absolute Gasteiger partial charge is 0.507 e. The number of aromatic hydroxyl groups is 4. The summed E-state index contributed by atoms with van der Waals surface area (Å²) < 4.78 is 0. The second-order valence-electron chi connectivity index (χ2n) is 20.9. The van der Waals surface area contributed by atoms with Gasteiger partial charge in [0.25, 0.3) is 0 Å². The molecular formula is C56H60N4O4. The van der Waals surface area contributed by atoms with Gasteiger partial charge in [0, 0.05) is 69.4 Å². The summed E-state index contributed by atoms with van der Waals surface area (Å²) in [6, 6.07) is 30.3. The van der Waals surface area contributed by atoms with Crippen molar-refractivity contribution in [3.05, 3.63) is 142 Å². The highest BCUT2D eigenvalue weighted by Crippen LogP contribution is 2.46. The molecule has 0 amide bonds. The molecule has 6 aromatic rings. The number of nitrogens with zero attached hydrogens (tertiary/aromatic N) is 4. The first-order valence-corrected chi connectivity index (χ1v) is 21.7. The van der Waals surface area contributed by atoms with E-state index in [1.54, 1.807) is 24.9 Å². The minimum atomic E-state index is -0.324. The van der Waals surface area contributed by atoms with Crippen LogP contribution in [0.15, 0.2) is 117 Å². The van der Waals surface area contributed by atoms with Crippen LogP contribution in [-0.4, -0.2) is 45.3 Å². The van der Waals surface area contributed by atoms with Crippen LogP contribution in [0.5, 0.6) is 23.0 Å². The number of aliphatic imine (C=N–C) groups is 4. The molecule has 0 fully saturated rings. The Bertz CT molecular complexity index is 2510. The van der Waals surface area contributed by atoms with Gasteiger partial charge in [0.05, 0.1) is 22.7 Å². The first kappa shape index (κ1) is 45.2. The Morgan fingerprint density at radius 3 is 0.656 bits per heavy atom. The van der Waals surface area contributed by atoms with Crippen molar-refractivity contribution in [2.24, 2.45) is 20.0 Å². The maximum absolute atomic E-state index is 12.1. The Kier molecular flexibility index (Phi) is 11.8. The molecule has 328 valence electrons. The molecule has 0 saturated carbocycles. The van der Waals surface area contributed by atoms with Crippen molar-refractivity contribution in [3.8, 4) is 45.3 Å². The number of hydrogen-bond acceptors (Lipinski definition) is 8. The molecule has 0 saturated heterocycles. The predicted molar refractivity (Wildman–Crippen MR) is 267 cm³/mol. The molecule has 64 heavy (non-hydrogen) atoms. The van der Waals surface area contributed by atoms with Gasteiger partial charge >= 0.3 is 0 Å². The fraction of sp³-hybridized carbons (Fsp3) is 0.286. The van der Waals surface area contributed by atoms with Crippen LogP contribution in [0.25, 0.3) is 22.3 Å². The van der Waals surface area contributed by atoms with E-state index < -0.39 is 0 Å². The monoisotopic (exact) mass is 852 g/mol. The fourth-order valence-electron chi connectivity index (χ4n) is 7.50. The molecule has 8 heteroatoms. The van der Waals surface area contributed by atoms with Gasteiger partial charge in [-0.1, -0.05) is 107 Å². The van der Waals surface area contributed by atoms with Crippen LogP contribution in [0.3, 0.4) is 0 Å². The first-order chi connectivity index (χ1) is 29.9. The molecule has 4 N–H and O–H groups in total. The average Bonchev–Trinajstić information content (AvgIpc) is 3.21. The van der Waals surface area contributed by atoms with Gasteiger partial charge in [0.2, 0.25) is 0 Å². The van der Waals surface area contributed by atoms with E-state index in [0.29, 0.717) is 67.3 Å². The van der Waals surface area contributed by atoms with Crippen LogP contribution in [0.4, 0.5) is 22.7 Å². The first-order valence-electron chi connectivity index (χ1n) is 21.7. The van der Waals surface area contributed by atoms with Gasteiger partial charge in [0.15, 0.2) is 0 Å². The van der Waals surface area contributed by atoms with Crippen molar-refractivity contribution in [1.82, 2.24) is 0 Å². The second kappa shape index (κ2) is 16.7. The summed E-state index contributed by atoms with van der Waals surface area (Å²) in [6.45, 7) is 25.3. The van der Waals surface area contributed by atoms with Crippen molar-refractivity contribution in [1.29, 1.82) is 0 Å². The van der Waals surface area contributed by atoms with Crippen molar-refractivity contribution in [2.45, 2.75) is 105 Å². The smallest absolute Gasteiger partial charge is 0.132 e. The SMILES string of the molecule is CC(C)(C)c1cc2c(O)c(c1)-c1cc(C(C)(C)C)cc(c1O)C=Nc1ccccc1N=Cc1cc(C(C)(C)C)cc(c1O)-c1cc(C(C)(C)C)cc(c1O)C=Nc1ccccc1N=C2. The molecule has 8 nitrogen and oxygen atoms in total. The molecule has 0 aromatic heterocycles. The Hall–Kier alpha value is -6.80. The zero-order valence-electron chi connectivity index (χ0n) is 39.1. The quantitative estimate of drug-likeness (QED) is 0.121.